The SMILES string of the molecule is CC(NC(=O)c1cnc2n1C(C)(Cc1ccc(Br)cc1)C(=O)N2c1cc(Cl)cc(Cl)c1)C(=O)O. The van der Waals surface area contributed by atoms with E-state index in [4.69, 9.17) is 23.2 Å². The van der Waals surface area contributed by atoms with Gasteiger partial charge in [-0.05, 0) is 49.7 Å². The van der Waals surface area contributed by atoms with Crippen LogP contribution in [-0.2, 0) is 21.5 Å². The van der Waals surface area contributed by atoms with E-state index in [1.165, 1.54) is 22.6 Å². The predicted octanol–water partition coefficient (Wildman–Crippen LogP) is 4.79. The van der Waals surface area contributed by atoms with Crippen LogP contribution >= 0.6 is 39.1 Å². The number of anilines is 2. The van der Waals surface area contributed by atoms with Crippen LogP contribution in [0.5, 0.6) is 0 Å². The molecule has 0 spiro atoms. The summed E-state index contributed by atoms with van der Waals surface area (Å²) in [5, 5.41) is 12.3. The first-order chi connectivity index (χ1) is 16.0. The number of amides is 2. The van der Waals surface area contributed by atoms with Crippen LogP contribution in [0.1, 0.15) is 29.9 Å². The summed E-state index contributed by atoms with van der Waals surface area (Å²) in [4.78, 5) is 43.9. The number of rotatable bonds is 6. The molecule has 34 heavy (non-hydrogen) atoms. The zero-order chi connectivity index (χ0) is 24.8. The van der Waals surface area contributed by atoms with Gasteiger partial charge in [0, 0.05) is 20.9 Å². The zero-order valence-electron chi connectivity index (χ0n) is 18.1. The number of fused-ring (bicyclic) bond motifs is 1. The normalized spacial score (nSPS) is 18.0. The van der Waals surface area contributed by atoms with Crippen molar-refractivity contribution in [2.24, 2.45) is 0 Å². The summed E-state index contributed by atoms with van der Waals surface area (Å²) >= 11 is 15.8. The second-order valence-corrected chi connectivity index (χ2v) is 9.95. The molecular weight excluding hydrogens is 547 g/mol. The van der Waals surface area contributed by atoms with Crippen LogP contribution in [0.15, 0.2) is 53.1 Å². The van der Waals surface area contributed by atoms with Crippen LogP contribution in [-0.4, -0.2) is 38.5 Å². The Kier molecular flexibility index (Phi) is 6.46. The minimum atomic E-state index is -1.24. The van der Waals surface area contributed by atoms with Crippen LogP contribution in [0.4, 0.5) is 11.6 Å². The smallest absolute Gasteiger partial charge is 0.325 e. The van der Waals surface area contributed by atoms with Gasteiger partial charge in [-0.15, -0.1) is 0 Å². The Morgan fingerprint density at radius 2 is 1.79 bits per heavy atom. The van der Waals surface area contributed by atoms with Gasteiger partial charge in [-0.2, -0.15) is 0 Å². The van der Waals surface area contributed by atoms with Crippen molar-refractivity contribution in [2.45, 2.75) is 31.8 Å². The Hall–Kier alpha value is -2.88. The predicted molar refractivity (Wildman–Crippen MR) is 132 cm³/mol. The van der Waals surface area contributed by atoms with Gasteiger partial charge in [-0.3, -0.25) is 19.0 Å². The number of aromatic nitrogens is 2. The minimum Gasteiger partial charge on any atom is -0.480 e. The van der Waals surface area contributed by atoms with Gasteiger partial charge in [0.1, 0.15) is 17.3 Å². The van der Waals surface area contributed by atoms with Crippen molar-refractivity contribution < 1.29 is 19.5 Å². The fourth-order valence-corrected chi connectivity index (χ4v) is 4.74. The molecule has 2 atom stereocenters. The van der Waals surface area contributed by atoms with Gasteiger partial charge in [0.05, 0.1) is 11.9 Å². The van der Waals surface area contributed by atoms with Crippen LogP contribution < -0.4 is 10.2 Å². The highest BCUT2D eigenvalue weighted by atomic mass is 79.9. The Morgan fingerprint density at radius 3 is 2.38 bits per heavy atom. The molecule has 2 N–H and O–H groups in total. The van der Waals surface area contributed by atoms with Crippen molar-refractivity contribution in [3.8, 4) is 0 Å². The number of nitrogens with one attached hydrogen (secondary N) is 1. The molecule has 0 saturated carbocycles. The molecule has 0 saturated heterocycles. The first-order valence-corrected chi connectivity index (χ1v) is 11.7. The topological polar surface area (TPSA) is 105 Å². The quantitative estimate of drug-likeness (QED) is 0.447. The van der Waals surface area contributed by atoms with Crippen molar-refractivity contribution in [1.29, 1.82) is 0 Å². The number of imidazole rings is 1. The summed E-state index contributed by atoms with van der Waals surface area (Å²) in [5.41, 5.74) is 0.0782. The van der Waals surface area contributed by atoms with Crippen molar-refractivity contribution in [2.75, 3.05) is 4.90 Å². The van der Waals surface area contributed by atoms with Gasteiger partial charge in [-0.1, -0.05) is 51.3 Å². The molecule has 0 aliphatic carbocycles. The lowest BCUT2D eigenvalue weighted by atomic mass is 9.91. The highest BCUT2D eigenvalue weighted by molar-refractivity contribution is 9.10. The van der Waals surface area contributed by atoms with Gasteiger partial charge < -0.3 is 10.4 Å². The largest absolute Gasteiger partial charge is 0.480 e. The van der Waals surface area contributed by atoms with Crippen molar-refractivity contribution >= 4 is 68.6 Å². The van der Waals surface area contributed by atoms with Crippen molar-refractivity contribution in [1.82, 2.24) is 14.9 Å². The number of carboxylic acid groups (broad SMARTS) is 1. The Balaban J connectivity index is 1.85. The molecule has 1 aliphatic heterocycles. The molecule has 1 aromatic heterocycles. The number of carboxylic acids is 1. The maximum absolute atomic E-state index is 13.9. The number of aliphatic carboxylic acids is 1. The summed E-state index contributed by atoms with van der Waals surface area (Å²) in [5.74, 6) is -1.97. The number of benzene rings is 2. The molecule has 2 amide bonds. The summed E-state index contributed by atoms with van der Waals surface area (Å²) in [6.07, 6.45) is 1.58. The molecule has 2 aromatic carbocycles. The molecule has 4 rings (SSSR count). The number of hydrogen-bond acceptors (Lipinski definition) is 4. The second kappa shape index (κ2) is 9.05. The van der Waals surface area contributed by atoms with E-state index >= 15 is 0 Å². The second-order valence-electron chi connectivity index (χ2n) is 8.16. The van der Waals surface area contributed by atoms with E-state index in [0.29, 0.717) is 15.7 Å². The number of carbonyl (C=O) groups excluding carboxylic acids is 2. The van der Waals surface area contributed by atoms with Crippen molar-refractivity contribution in [3.05, 3.63) is 74.4 Å². The standard InChI is InChI=1S/C23H19BrCl2N4O4/c1-12(20(32)33)28-19(31)18-11-27-22-29(17-8-15(25)7-16(26)9-17)21(34)23(2,30(18)22)10-13-3-5-14(24)6-4-13/h3-9,11-12H,10H2,1-2H3,(H,28,31)(H,32,33). The van der Waals surface area contributed by atoms with Gasteiger partial charge in [-0.25, -0.2) is 9.88 Å². The van der Waals surface area contributed by atoms with Crippen LogP contribution in [0.2, 0.25) is 10.0 Å². The number of carbonyl (C=O) groups is 3. The molecule has 11 heteroatoms. The third-order valence-electron chi connectivity index (χ3n) is 5.62. The number of nitrogens with zero attached hydrogens (tertiary/aromatic N) is 3. The van der Waals surface area contributed by atoms with E-state index in [0.717, 1.165) is 10.0 Å². The number of hydrogen-bond donors (Lipinski definition) is 2. The maximum Gasteiger partial charge on any atom is 0.325 e. The summed E-state index contributed by atoms with van der Waals surface area (Å²) in [7, 11) is 0. The molecule has 3 aromatic rings. The van der Waals surface area contributed by atoms with Crippen LogP contribution in [0.3, 0.4) is 0 Å². The first-order valence-electron chi connectivity index (χ1n) is 10.2. The lowest BCUT2D eigenvalue weighted by Gasteiger charge is -2.26. The Labute approximate surface area is 213 Å². The lowest BCUT2D eigenvalue weighted by molar-refractivity contribution is -0.138. The minimum absolute atomic E-state index is 0.0617. The molecule has 2 heterocycles. The van der Waals surface area contributed by atoms with Crippen LogP contribution in [0.25, 0.3) is 0 Å². The third kappa shape index (κ3) is 4.31. The highest BCUT2D eigenvalue weighted by Crippen LogP contribution is 2.43. The summed E-state index contributed by atoms with van der Waals surface area (Å²) in [6, 6.07) is 11.1. The molecule has 0 bridgehead atoms. The fourth-order valence-electron chi connectivity index (χ4n) is 3.96. The van der Waals surface area contributed by atoms with E-state index in [-0.39, 0.29) is 24.0 Å². The van der Waals surface area contributed by atoms with Gasteiger partial charge in [0.2, 0.25) is 5.95 Å². The Morgan fingerprint density at radius 1 is 1.18 bits per heavy atom. The number of halogens is 3. The summed E-state index contributed by atoms with van der Waals surface area (Å²) in [6.45, 7) is 3.07. The van der Waals surface area contributed by atoms with Gasteiger partial charge in [0.15, 0.2) is 0 Å². The van der Waals surface area contributed by atoms with E-state index in [9.17, 15) is 19.5 Å². The molecule has 0 fully saturated rings. The maximum atomic E-state index is 13.9. The lowest BCUT2D eigenvalue weighted by Crippen LogP contribution is -2.44. The van der Waals surface area contributed by atoms with E-state index in [1.54, 1.807) is 25.1 Å². The van der Waals surface area contributed by atoms with Gasteiger partial charge >= 0.3 is 5.97 Å². The van der Waals surface area contributed by atoms with E-state index < -0.39 is 23.5 Å². The monoisotopic (exact) mass is 564 g/mol. The average molecular weight is 566 g/mol. The molecule has 0 radical (unpaired) electrons. The van der Waals surface area contributed by atoms with E-state index in [1.807, 2.05) is 24.3 Å². The Bertz CT molecular complexity index is 1290. The zero-order valence-corrected chi connectivity index (χ0v) is 21.1. The highest BCUT2D eigenvalue weighted by Gasteiger charge is 2.51. The molecule has 1 aliphatic rings. The summed E-state index contributed by atoms with van der Waals surface area (Å²) < 4.78 is 2.43. The molecular formula is C23H19BrCl2N4O4. The molecule has 8 nitrogen and oxygen atoms in total. The third-order valence-corrected chi connectivity index (χ3v) is 6.58. The van der Waals surface area contributed by atoms with Crippen LogP contribution in [0, 0.1) is 0 Å². The molecule has 2 unspecified atom stereocenters. The van der Waals surface area contributed by atoms with E-state index in [2.05, 4.69) is 26.2 Å². The van der Waals surface area contributed by atoms with Crippen molar-refractivity contribution in [3.63, 3.8) is 0 Å². The fraction of sp³-hybridized carbons (Fsp3) is 0.217. The molecule has 176 valence electrons. The average Bonchev–Trinajstić information content (AvgIpc) is 3.27. The first kappa shape index (κ1) is 24.3. The van der Waals surface area contributed by atoms with Gasteiger partial charge in [0.25, 0.3) is 11.8 Å².